The SMILES string of the molecule is CCOC(=O)CCCCC(=O)Oc1ccc(Cl)c(C)c1. The number of hydrogen-bond acceptors (Lipinski definition) is 4. The highest BCUT2D eigenvalue weighted by atomic mass is 35.5. The van der Waals surface area contributed by atoms with Gasteiger partial charge in [-0.2, -0.15) is 0 Å². The minimum absolute atomic E-state index is 0.228. The Hall–Kier alpha value is -1.55. The molecule has 0 fully saturated rings. The third-order valence-corrected chi connectivity index (χ3v) is 3.10. The van der Waals surface area contributed by atoms with Gasteiger partial charge in [0.25, 0.3) is 0 Å². The van der Waals surface area contributed by atoms with E-state index in [1.807, 2.05) is 6.92 Å². The first kappa shape index (κ1) is 16.5. The van der Waals surface area contributed by atoms with E-state index in [0.29, 0.717) is 36.6 Å². The van der Waals surface area contributed by atoms with Crippen molar-refractivity contribution in [1.82, 2.24) is 0 Å². The third-order valence-electron chi connectivity index (χ3n) is 2.68. The Kier molecular flexibility index (Phi) is 7.09. The standard InChI is InChI=1S/C15H19ClO4/c1-3-19-14(17)6-4-5-7-15(18)20-12-8-9-13(16)11(2)10-12/h8-10H,3-7H2,1-2H3. The van der Waals surface area contributed by atoms with Gasteiger partial charge in [0.15, 0.2) is 0 Å². The van der Waals surface area contributed by atoms with Gasteiger partial charge in [-0.25, -0.2) is 0 Å². The summed E-state index contributed by atoms with van der Waals surface area (Å²) < 4.78 is 9.99. The lowest BCUT2D eigenvalue weighted by molar-refractivity contribution is -0.143. The Morgan fingerprint density at radius 1 is 1.15 bits per heavy atom. The number of aryl methyl sites for hydroxylation is 1. The van der Waals surface area contributed by atoms with Crippen LogP contribution in [0.4, 0.5) is 0 Å². The fourth-order valence-electron chi connectivity index (χ4n) is 1.63. The molecule has 0 atom stereocenters. The van der Waals surface area contributed by atoms with Crippen LogP contribution in [0, 0.1) is 6.92 Å². The number of esters is 2. The lowest BCUT2D eigenvalue weighted by Gasteiger charge is -2.06. The van der Waals surface area contributed by atoms with Crippen molar-refractivity contribution in [2.24, 2.45) is 0 Å². The van der Waals surface area contributed by atoms with Gasteiger partial charge < -0.3 is 9.47 Å². The van der Waals surface area contributed by atoms with Gasteiger partial charge in [0.2, 0.25) is 0 Å². The van der Waals surface area contributed by atoms with Gasteiger partial charge in [-0.05, 0) is 50.5 Å². The van der Waals surface area contributed by atoms with Gasteiger partial charge in [0.1, 0.15) is 5.75 Å². The third kappa shape index (κ3) is 6.06. The molecule has 110 valence electrons. The van der Waals surface area contributed by atoms with Crippen molar-refractivity contribution in [3.8, 4) is 5.75 Å². The van der Waals surface area contributed by atoms with Gasteiger partial charge >= 0.3 is 11.9 Å². The first-order valence-corrected chi connectivity index (χ1v) is 7.03. The van der Waals surface area contributed by atoms with E-state index in [0.717, 1.165) is 5.56 Å². The molecule has 0 amide bonds. The topological polar surface area (TPSA) is 52.6 Å². The van der Waals surface area contributed by atoms with E-state index in [4.69, 9.17) is 21.1 Å². The predicted molar refractivity (Wildman–Crippen MR) is 76.9 cm³/mol. The molecule has 0 bridgehead atoms. The molecule has 0 aliphatic carbocycles. The van der Waals surface area contributed by atoms with Crippen LogP contribution in [0.1, 0.15) is 38.2 Å². The molecule has 0 aromatic heterocycles. The lowest BCUT2D eigenvalue weighted by Crippen LogP contribution is -2.08. The maximum absolute atomic E-state index is 11.6. The fraction of sp³-hybridized carbons (Fsp3) is 0.467. The predicted octanol–water partition coefficient (Wildman–Crippen LogP) is 3.68. The second-order valence-corrected chi connectivity index (χ2v) is 4.80. The highest BCUT2D eigenvalue weighted by molar-refractivity contribution is 6.31. The Labute approximate surface area is 124 Å². The zero-order chi connectivity index (χ0) is 15.0. The molecule has 0 radical (unpaired) electrons. The summed E-state index contributed by atoms with van der Waals surface area (Å²) in [4.78, 5) is 22.7. The molecule has 0 saturated carbocycles. The van der Waals surface area contributed by atoms with E-state index in [9.17, 15) is 9.59 Å². The summed E-state index contributed by atoms with van der Waals surface area (Å²) >= 11 is 5.89. The maximum Gasteiger partial charge on any atom is 0.311 e. The van der Waals surface area contributed by atoms with E-state index < -0.39 is 0 Å². The normalized spacial score (nSPS) is 10.2. The molecular formula is C15H19ClO4. The van der Waals surface area contributed by atoms with Crippen molar-refractivity contribution in [3.63, 3.8) is 0 Å². The smallest absolute Gasteiger partial charge is 0.311 e. The van der Waals surface area contributed by atoms with Crippen molar-refractivity contribution in [2.75, 3.05) is 6.61 Å². The van der Waals surface area contributed by atoms with Crippen LogP contribution < -0.4 is 4.74 Å². The number of carbonyl (C=O) groups excluding carboxylic acids is 2. The van der Waals surface area contributed by atoms with Crippen LogP contribution in [0.3, 0.4) is 0 Å². The molecular weight excluding hydrogens is 280 g/mol. The van der Waals surface area contributed by atoms with Crippen molar-refractivity contribution >= 4 is 23.5 Å². The Morgan fingerprint density at radius 2 is 1.80 bits per heavy atom. The Balaban J connectivity index is 2.26. The Morgan fingerprint density at radius 3 is 2.40 bits per heavy atom. The Bertz CT molecular complexity index is 471. The van der Waals surface area contributed by atoms with Crippen LogP contribution in [-0.2, 0) is 14.3 Å². The van der Waals surface area contributed by atoms with E-state index in [1.165, 1.54) is 0 Å². The number of hydrogen-bond donors (Lipinski definition) is 0. The summed E-state index contributed by atoms with van der Waals surface area (Å²) in [7, 11) is 0. The second kappa shape index (κ2) is 8.59. The molecule has 0 N–H and O–H groups in total. The van der Waals surface area contributed by atoms with Crippen LogP contribution in [0.25, 0.3) is 0 Å². The molecule has 0 unspecified atom stereocenters. The maximum atomic E-state index is 11.6. The van der Waals surface area contributed by atoms with Gasteiger partial charge in [0.05, 0.1) is 6.61 Å². The van der Waals surface area contributed by atoms with E-state index in [-0.39, 0.29) is 18.4 Å². The molecule has 0 heterocycles. The minimum atomic E-state index is -0.310. The molecule has 0 aliphatic rings. The average Bonchev–Trinajstić information content (AvgIpc) is 2.39. The molecule has 0 saturated heterocycles. The summed E-state index contributed by atoms with van der Waals surface area (Å²) in [6.45, 7) is 4.00. The summed E-state index contributed by atoms with van der Waals surface area (Å²) in [5.41, 5.74) is 0.860. The van der Waals surface area contributed by atoms with Gasteiger partial charge in [0, 0.05) is 17.9 Å². The van der Waals surface area contributed by atoms with Crippen LogP contribution in [-0.4, -0.2) is 18.5 Å². The fourth-order valence-corrected chi connectivity index (χ4v) is 1.75. The van der Waals surface area contributed by atoms with Gasteiger partial charge in [-0.1, -0.05) is 11.6 Å². The lowest BCUT2D eigenvalue weighted by atomic mass is 10.2. The van der Waals surface area contributed by atoms with Crippen LogP contribution in [0.2, 0.25) is 5.02 Å². The second-order valence-electron chi connectivity index (χ2n) is 4.40. The quantitative estimate of drug-likeness (QED) is 0.438. The molecule has 20 heavy (non-hydrogen) atoms. The molecule has 0 aliphatic heterocycles. The first-order chi connectivity index (χ1) is 9.52. The number of unbranched alkanes of at least 4 members (excludes halogenated alkanes) is 1. The number of ether oxygens (including phenoxy) is 2. The van der Waals surface area contributed by atoms with Crippen LogP contribution >= 0.6 is 11.6 Å². The number of halogens is 1. The molecule has 4 nitrogen and oxygen atoms in total. The zero-order valence-corrected chi connectivity index (χ0v) is 12.5. The number of carbonyl (C=O) groups is 2. The molecule has 1 aromatic carbocycles. The largest absolute Gasteiger partial charge is 0.466 e. The van der Waals surface area contributed by atoms with E-state index in [1.54, 1.807) is 25.1 Å². The van der Waals surface area contributed by atoms with Crippen molar-refractivity contribution in [2.45, 2.75) is 39.5 Å². The minimum Gasteiger partial charge on any atom is -0.466 e. The molecule has 0 spiro atoms. The molecule has 1 aromatic rings. The number of rotatable bonds is 7. The zero-order valence-electron chi connectivity index (χ0n) is 11.8. The average molecular weight is 299 g/mol. The molecule has 1 rings (SSSR count). The summed E-state index contributed by atoms with van der Waals surface area (Å²) in [6, 6.07) is 5.07. The monoisotopic (exact) mass is 298 g/mol. The van der Waals surface area contributed by atoms with Gasteiger partial charge in [-0.3, -0.25) is 9.59 Å². The highest BCUT2D eigenvalue weighted by Crippen LogP contribution is 2.21. The summed E-state index contributed by atoms with van der Waals surface area (Å²) in [6.07, 6.45) is 1.83. The first-order valence-electron chi connectivity index (χ1n) is 6.65. The number of benzene rings is 1. The van der Waals surface area contributed by atoms with Crippen LogP contribution in [0.15, 0.2) is 18.2 Å². The van der Waals surface area contributed by atoms with E-state index in [2.05, 4.69) is 0 Å². The van der Waals surface area contributed by atoms with Crippen LogP contribution in [0.5, 0.6) is 5.75 Å². The van der Waals surface area contributed by atoms with Crippen molar-refractivity contribution in [3.05, 3.63) is 28.8 Å². The van der Waals surface area contributed by atoms with Gasteiger partial charge in [-0.15, -0.1) is 0 Å². The van der Waals surface area contributed by atoms with E-state index >= 15 is 0 Å². The van der Waals surface area contributed by atoms with Crippen molar-refractivity contribution in [1.29, 1.82) is 0 Å². The summed E-state index contributed by atoms with van der Waals surface area (Å²) in [5, 5.41) is 0.638. The highest BCUT2D eigenvalue weighted by Gasteiger charge is 2.07. The summed E-state index contributed by atoms with van der Waals surface area (Å²) in [5.74, 6) is -0.0490. The molecule has 5 heteroatoms. The van der Waals surface area contributed by atoms with Crippen molar-refractivity contribution < 1.29 is 19.1 Å².